The fourth-order valence-corrected chi connectivity index (χ4v) is 0.932. The maximum atomic E-state index is 10.0. The van der Waals surface area contributed by atoms with Crippen molar-refractivity contribution in [3.8, 4) is 11.8 Å². The van der Waals surface area contributed by atoms with Gasteiger partial charge in [-0.05, 0) is 24.3 Å². The van der Waals surface area contributed by atoms with Crippen LogP contribution in [-0.4, -0.2) is 8.76 Å². The molecule has 0 aliphatic carbocycles. The molecule has 0 saturated carbocycles. The van der Waals surface area contributed by atoms with Crippen LogP contribution in [0.1, 0.15) is 5.56 Å². The van der Waals surface area contributed by atoms with Crippen LogP contribution in [0.3, 0.4) is 0 Å². The highest BCUT2D eigenvalue weighted by molar-refractivity contribution is 7.74. The normalized spacial score (nSPS) is 11.7. The lowest BCUT2D eigenvalue weighted by Gasteiger charge is -2.05. The minimum atomic E-state index is -2.56. The summed E-state index contributed by atoms with van der Waals surface area (Å²) in [7, 11) is 0. The van der Waals surface area contributed by atoms with E-state index in [1.165, 1.54) is 24.3 Å². The SMILES string of the molecule is N#Cc1ccc(OS(=O)[O-])cc1. The first-order valence-corrected chi connectivity index (χ1v) is 4.00. The molecule has 1 aromatic carbocycles. The molecule has 5 heteroatoms. The van der Waals surface area contributed by atoms with Gasteiger partial charge in [0.05, 0.1) is 11.6 Å². The second-order valence-corrected chi connectivity index (χ2v) is 2.50. The van der Waals surface area contributed by atoms with Crippen molar-refractivity contribution in [3.63, 3.8) is 0 Å². The van der Waals surface area contributed by atoms with Crippen LogP contribution in [0, 0.1) is 11.3 Å². The average Bonchev–Trinajstić information content (AvgIpc) is 2.05. The van der Waals surface area contributed by atoms with Gasteiger partial charge in [-0.3, -0.25) is 0 Å². The van der Waals surface area contributed by atoms with Crippen molar-refractivity contribution in [1.82, 2.24) is 0 Å². The van der Waals surface area contributed by atoms with E-state index in [2.05, 4.69) is 4.18 Å². The van der Waals surface area contributed by atoms with Crippen LogP contribution in [0.2, 0.25) is 0 Å². The number of nitriles is 1. The summed E-state index contributed by atoms with van der Waals surface area (Å²) >= 11 is -2.56. The van der Waals surface area contributed by atoms with E-state index in [4.69, 9.17) is 5.26 Å². The highest BCUT2D eigenvalue weighted by atomic mass is 32.2. The Morgan fingerprint density at radius 1 is 1.42 bits per heavy atom. The number of rotatable bonds is 2. The van der Waals surface area contributed by atoms with Gasteiger partial charge in [-0.15, -0.1) is 0 Å². The van der Waals surface area contributed by atoms with Crippen LogP contribution in [0.5, 0.6) is 5.75 Å². The smallest absolute Gasteiger partial charge is 0.139 e. The Labute approximate surface area is 71.9 Å². The maximum absolute atomic E-state index is 10.0. The van der Waals surface area contributed by atoms with E-state index in [0.29, 0.717) is 5.56 Å². The molecule has 0 N–H and O–H groups in total. The second-order valence-electron chi connectivity index (χ2n) is 1.92. The summed E-state index contributed by atoms with van der Waals surface area (Å²) in [5.74, 6) is 0.197. The van der Waals surface area contributed by atoms with E-state index in [-0.39, 0.29) is 5.75 Å². The third-order valence-corrected chi connectivity index (χ3v) is 1.48. The van der Waals surface area contributed by atoms with Gasteiger partial charge in [-0.1, -0.05) is 0 Å². The summed E-state index contributed by atoms with van der Waals surface area (Å²) in [5.41, 5.74) is 0.457. The van der Waals surface area contributed by atoms with Gasteiger partial charge >= 0.3 is 0 Å². The van der Waals surface area contributed by atoms with Crippen molar-refractivity contribution >= 4 is 11.4 Å². The lowest BCUT2D eigenvalue weighted by Crippen LogP contribution is -1.97. The van der Waals surface area contributed by atoms with Gasteiger partial charge in [-0.25, -0.2) is 4.21 Å². The average molecular weight is 182 g/mol. The molecule has 0 heterocycles. The molecule has 1 aromatic rings. The van der Waals surface area contributed by atoms with Crippen molar-refractivity contribution in [2.24, 2.45) is 0 Å². The molecule has 0 fully saturated rings. The summed E-state index contributed by atoms with van der Waals surface area (Å²) < 4.78 is 24.4. The first kappa shape index (κ1) is 8.71. The molecular weight excluding hydrogens is 178 g/mol. The van der Waals surface area contributed by atoms with Gasteiger partial charge in [0.2, 0.25) is 0 Å². The standard InChI is InChI=1S/C7H5NO3S/c8-5-6-1-3-7(4-2-6)11-12(9)10/h1-4H,(H,9,10)/p-1. The molecular formula is C7H4NO3S-. The van der Waals surface area contributed by atoms with Gasteiger partial charge in [0.1, 0.15) is 17.1 Å². The van der Waals surface area contributed by atoms with Crippen molar-refractivity contribution in [1.29, 1.82) is 5.26 Å². The molecule has 0 saturated heterocycles. The largest absolute Gasteiger partial charge is 0.740 e. The number of hydrogen-bond donors (Lipinski definition) is 0. The fourth-order valence-electron chi connectivity index (χ4n) is 0.664. The van der Waals surface area contributed by atoms with Crippen molar-refractivity contribution < 1.29 is 12.9 Å². The highest BCUT2D eigenvalue weighted by Gasteiger charge is 1.93. The van der Waals surface area contributed by atoms with Crippen molar-refractivity contribution in [2.45, 2.75) is 0 Å². The Kier molecular flexibility index (Phi) is 2.80. The summed E-state index contributed by atoms with van der Waals surface area (Å²) in [6, 6.07) is 7.67. The Balaban J connectivity index is 2.80. The Morgan fingerprint density at radius 2 is 2.00 bits per heavy atom. The quantitative estimate of drug-likeness (QED) is 0.632. The van der Waals surface area contributed by atoms with E-state index in [1.54, 1.807) is 0 Å². The van der Waals surface area contributed by atoms with Crippen LogP contribution in [0.15, 0.2) is 24.3 Å². The molecule has 1 rings (SSSR count). The molecule has 62 valence electrons. The zero-order valence-electron chi connectivity index (χ0n) is 5.89. The van der Waals surface area contributed by atoms with Crippen LogP contribution in [0.25, 0.3) is 0 Å². The van der Waals surface area contributed by atoms with Gasteiger partial charge < -0.3 is 8.74 Å². The maximum Gasteiger partial charge on any atom is 0.139 e. The minimum Gasteiger partial charge on any atom is -0.740 e. The Morgan fingerprint density at radius 3 is 2.42 bits per heavy atom. The molecule has 0 aromatic heterocycles. The topological polar surface area (TPSA) is 73.1 Å². The van der Waals surface area contributed by atoms with Crippen molar-refractivity contribution in [2.75, 3.05) is 0 Å². The first-order valence-electron chi connectivity index (χ1n) is 3.00. The van der Waals surface area contributed by atoms with E-state index in [9.17, 15) is 8.76 Å². The van der Waals surface area contributed by atoms with Gasteiger partial charge in [0.25, 0.3) is 0 Å². The van der Waals surface area contributed by atoms with E-state index < -0.39 is 11.4 Å². The molecule has 4 nitrogen and oxygen atoms in total. The Bertz CT molecular complexity index is 327. The minimum absolute atomic E-state index is 0.197. The summed E-state index contributed by atoms with van der Waals surface area (Å²) in [6.45, 7) is 0. The lowest BCUT2D eigenvalue weighted by atomic mass is 10.2. The molecule has 0 radical (unpaired) electrons. The van der Waals surface area contributed by atoms with Crippen LogP contribution in [0.4, 0.5) is 0 Å². The van der Waals surface area contributed by atoms with Crippen molar-refractivity contribution in [3.05, 3.63) is 29.8 Å². The zero-order valence-corrected chi connectivity index (χ0v) is 6.71. The highest BCUT2D eigenvalue weighted by Crippen LogP contribution is 2.11. The third kappa shape index (κ3) is 2.34. The Hall–Kier alpha value is -1.38. The van der Waals surface area contributed by atoms with Gasteiger partial charge in [0, 0.05) is 0 Å². The third-order valence-electron chi connectivity index (χ3n) is 1.15. The second kappa shape index (κ2) is 3.85. The molecule has 1 unspecified atom stereocenters. The molecule has 0 amide bonds. The van der Waals surface area contributed by atoms with E-state index in [1.807, 2.05) is 6.07 Å². The fraction of sp³-hybridized carbons (Fsp3) is 0. The predicted molar refractivity (Wildman–Crippen MR) is 40.7 cm³/mol. The van der Waals surface area contributed by atoms with E-state index >= 15 is 0 Å². The van der Waals surface area contributed by atoms with Gasteiger partial charge in [-0.2, -0.15) is 5.26 Å². The predicted octanol–water partition coefficient (Wildman–Crippen LogP) is 0.731. The molecule has 0 aliphatic rings. The number of hydrogen-bond acceptors (Lipinski definition) is 4. The van der Waals surface area contributed by atoms with Crippen LogP contribution >= 0.6 is 0 Å². The van der Waals surface area contributed by atoms with Crippen LogP contribution < -0.4 is 4.18 Å². The summed E-state index contributed by atoms with van der Waals surface area (Å²) in [6.07, 6.45) is 0. The van der Waals surface area contributed by atoms with Gasteiger partial charge in [0.15, 0.2) is 0 Å². The van der Waals surface area contributed by atoms with E-state index in [0.717, 1.165) is 0 Å². The summed E-state index contributed by atoms with van der Waals surface area (Å²) in [4.78, 5) is 0. The molecule has 12 heavy (non-hydrogen) atoms. The monoisotopic (exact) mass is 182 g/mol. The number of benzene rings is 1. The molecule has 0 aliphatic heterocycles. The summed E-state index contributed by atoms with van der Waals surface area (Å²) in [5, 5.41) is 8.40. The molecule has 1 atom stereocenters. The molecule has 0 bridgehead atoms. The first-order chi connectivity index (χ1) is 5.72. The van der Waals surface area contributed by atoms with Crippen LogP contribution in [-0.2, 0) is 11.4 Å². The molecule has 0 spiro atoms. The zero-order chi connectivity index (χ0) is 8.97. The lowest BCUT2D eigenvalue weighted by molar-refractivity contribution is 0.440. The number of nitrogens with zero attached hydrogens (tertiary/aromatic N) is 1.